The van der Waals surface area contributed by atoms with Gasteiger partial charge in [0.1, 0.15) is 0 Å². The highest BCUT2D eigenvalue weighted by atomic mass is 16.6. The molecule has 5 aliphatic rings. The topological polar surface area (TPSA) is 67.9 Å². The van der Waals surface area contributed by atoms with E-state index in [0.29, 0.717) is 11.8 Å². The molecule has 2 atom stereocenters. The van der Waals surface area contributed by atoms with Crippen LogP contribution in [0.25, 0.3) is 0 Å². The number of ether oxygens (including phenoxy) is 2. The van der Waals surface area contributed by atoms with Crippen LogP contribution in [0.2, 0.25) is 0 Å². The van der Waals surface area contributed by atoms with Crippen LogP contribution in [0.3, 0.4) is 0 Å². The number of amides is 2. The van der Waals surface area contributed by atoms with Crippen LogP contribution in [0.4, 0.5) is 9.59 Å². The smallest absolute Gasteiger partial charge is 0.429 e. The van der Waals surface area contributed by atoms with E-state index in [1.807, 2.05) is 6.08 Å². The Morgan fingerprint density at radius 3 is 2.30 bits per heavy atom. The summed E-state index contributed by atoms with van der Waals surface area (Å²) in [6.45, 7) is 7.90. The minimum Gasteiger partial charge on any atom is -0.449 e. The lowest BCUT2D eigenvalue weighted by Gasteiger charge is -2.52. The number of carbonyl (C=O) groups excluding carboxylic acids is 2. The second-order valence-corrected chi connectivity index (χ2v) is 9.11. The van der Waals surface area contributed by atoms with Crippen LogP contribution in [0.5, 0.6) is 0 Å². The molecule has 2 amide bonds. The summed E-state index contributed by atoms with van der Waals surface area (Å²) in [6, 6.07) is -0.293. The molecule has 0 aliphatic heterocycles. The maximum atomic E-state index is 12.9. The Hall–Kier alpha value is -2.24. The SMILES string of the molecule is C=CC[C@H]1C=CC(=C2C3CC4CC(C3)CC2C4)[C@@H]1N(NC(=O)OCC)C(=O)OCC. The molecule has 4 fully saturated rings. The summed E-state index contributed by atoms with van der Waals surface area (Å²) < 4.78 is 10.4. The van der Waals surface area contributed by atoms with Gasteiger partial charge in [0, 0.05) is 5.92 Å². The summed E-state index contributed by atoms with van der Waals surface area (Å²) in [7, 11) is 0. The number of nitrogens with zero attached hydrogens (tertiary/aromatic N) is 1. The minimum atomic E-state index is -0.635. The molecule has 164 valence electrons. The van der Waals surface area contributed by atoms with E-state index in [1.54, 1.807) is 13.8 Å². The number of rotatable bonds is 5. The van der Waals surface area contributed by atoms with Crippen LogP contribution >= 0.6 is 0 Å². The molecule has 4 saturated carbocycles. The lowest BCUT2D eigenvalue weighted by atomic mass is 9.53. The highest BCUT2D eigenvalue weighted by Gasteiger charge is 2.48. The average Bonchev–Trinajstić information content (AvgIpc) is 3.09. The molecule has 5 aliphatic carbocycles. The van der Waals surface area contributed by atoms with E-state index in [-0.39, 0.29) is 25.2 Å². The normalized spacial score (nSPS) is 33.5. The highest BCUT2D eigenvalue weighted by Crippen LogP contribution is 2.58. The van der Waals surface area contributed by atoms with Gasteiger partial charge >= 0.3 is 12.2 Å². The Morgan fingerprint density at radius 2 is 1.73 bits per heavy atom. The van der Waals surface area contributed by atoms with Crippen LogP contribution < -0.4 is 5.43 Å². The second kappa shape index (κ2) is 8.86. The van der Waals surface area contributed by atoms with Gasteiger partial charge in [0.2, 0.25) is 0 Å². The van der Waals surface area contributed by atoms with Gasteiger partial charge in [0.25, 0.3) is 0 Å². The molecule has 1 N–H and O–H groups in total. The van der Waals surface area contributed by atoms with Crippen molar-refractivity contribution >= 4 is 12.2 Å². The van der Waals surface area contributed by atoms with Crippen LogP contribution in [0.15, 0.2) is 36.0 Å². The van der Waals surface area contributed by atoms with Crippen molar-refractivity contribution in [2.75, 3.05) is 13.2 Å². The summed E-state index contributed by atoms with van der Waals surface area (Å²) in [4.78, 5) is 25.2. The van der Waals surface area contributed by atoms with Crippen molar-refractivity contribution in [2.24, 2.45) is 29.6 Å². The standard InChI is InChI=1S/C24H34N2O4/c1-4-7-17-8-9-20(21-18-11-15-10-16(13-18)14-19(21)12-15)22(17)26(24(28)30-6-3)25-23(27)29-5-2/h4,8-9,15-19,22H,1,5-7,10-14H2,2-3H3,(H,25,27)/t15?,16?,17-,18?,19?,22+/m0/s1. The molecule has 4 bridgehead atoms. The zero-order chi connectivity index (χ0) is 21.3. The largest absolute Gasteiger partial charge is 0.449 e. The van der Waals surface area contributed by atoms with Crippen molar-refractivity contribution in [3.63, 3.8) is 0 Å². The van der Waals surface area contributed by atoms with Gasteiger partial charge in [-0.05, 0) is 81.6 Å². The number of carbonyl (C=O) groups is 2. The van der Waals surface area contributed by atoms with E-state index >= 15 is 0 Å². The zero-order valence-electron chi connectivity index (χ0n) is 18.1. The van der Waals surface area contributed by atoms with Crippen LogP contribution in [0, 0.1) is 29.6 Å². The first-order valence-corrected chi connectivity index (χ1v) is 11.5. The lowest BCUT2D eigenvalue weighted by Crippen LogP contribution is -2.55. The fourth-order valence-electron chi connectivity index (χ4n) is 6.51. The third kappa shape index (κ3) is 3.88. The predicted octanol–water partition coefficient (Wildman–Crippen LogP) is 4.99. The second-order valence-electron chi connectivity index (χ2n) is 9.11. The quantitative estimate of drug-likeness (QED) is 0.508. The van der Waals surface area contributed by atoms with Crippen molar-refractivity contribution in [2.45, 2.75) is 58.4 Å². The highest BCUT2D eigenvalue weighted by molar-refractivity contribution is 5.75. The molecule has 0 unspecified atom stereocenters. The van der Waals surface area contributed by atoms with Gasteiger partial charge < -0.3 is 9.47 Å². The van der Waals surface area contributed by atoms with Gasteiger partial charge in [-0.1, -0.05) is 23.8 Å². The Labute approximate surface area is 179 Å². The Balaban J connectivity index is 1.70. The lowest BCUT2D eigenvalue weighted by molar-refractivity contribution is 0.0502. The number of hydrogen-bond donors (Lipinski definition) is 1. The minimum absolute atomic E-state index is 0.0496. The molecule has 0 saturated heterocycles. The number of hydrazine groups is 1. The van der Waals surface area contributed by atoms with Gasteiger partial charge in [-0.3, -0.25) is 0 Å². The maximum absolute atomic E-state index is 12.9. The molecular formula is C24H34N2O4. The molecule has 0 aromatic rings. The molecule has 0 aromatic carbocycles. The number of allylic oxidation sites excluding steroid dienone is 2. The molecule has 0 heterocycles. The van der Waals surface area contributed by atoms with E-state index in [0.717, 1.165) is 18.3 Å². The van der Waals surface area contributed by atoms with E-state index in [4.69, 9.17) is 9.47 Å². The molecule has 5 rings (SSSR count). The fourth-order valence-corrected chi connectivity index (χ4v) is 6.51. The fraction of sp³-hybridized carbons (Fsp3) is 0.667. The maximum Gasteiger partial charge on any atom is 0.429 e. The third-order valence-corrected chi connectivity index (χ3v) is 7.27. The van der Waals surface area contributed by atoms with Gasteiger partial charge in [0.15, 0.2) is 0 Å². The van der Waals surface area contributed by atoms with E-state index in [1.165, 1.54) is 48.3 Å². The van der Waals surface area contributed by atoms with Gasteiger partial charge in [-0.2, -0.15) is 0 Å². The Morgan fingerprint density at radius 1 is 1.10 bits per heavy atom. The molecular weight excluding hydrogens is 380 g/mol. The van der Waals surface area contributed by atoms with Crippen molar-refractivity contribution in [1.29, 1.82) is 0 Å². The summed E-state index contributed by atoms with van der Waals surface area (Å²) in [5.74, 6) is 3.00. The first-order valence-electron chi connectivity index (χ1n) is 11.5. The molecule has 30 heavy (non-hydrogen) atoms. The zero-order valence-corrected chi connectivity index (χ0v) is 18.1. The Kier molecular flexibility index (Phi) is 6.21. The summed E-state index contributed by atoms with van der Waals surface area (Å²) >= 11 is 0. The molecule has 6 nitrogen and oxygen atoms in total. The van der Waals surface area contributed by atoms with E-state index in [2.05, 4.69) is 24.2 Å². The monoisotopic (exact) mass is 414 g/mol. The van der Waals surface area contributed by atoms with Gasteiger partial charge in [-0.15, -0.1) is 6.58 Å². The first kappa shape index (κ1) is 21.0. The molecule has 6 heteroatoms. The van der Waals surface area contributed by atoms with Gasteiger partial charge in [0.05, 0.1) is 19.3 Å². The van der Waals surface area contributed by atoms with Crippen molar-refractivity contribution in [1.82, 2.24) is 10.4 Å². The number of nitrogens with one attached hydrogen (secondary N) is 1. The van der Waals surface area contributed by atoms with Crippen molar-refractivity contribution in [3.8, 4) is 0 Å². The number of hydrogen-bond acceptors (Lipinski definition) is 4. The van der Waals surface area contributed by atoms with Crippen LogP contribution in [-0.4, -0.2) is 36.5 Å². The summed E-state index contributed by atoms with van der Waals surface area (Å²) in [6.07, 6.45) is 12.2. The predicted molar refractivity (Wildman–Crippen MR) is 114 cm³/mol. The summed E-state index contributed by atoms with van der Waals surface area (Å²) in [5.41, 5.74) is 5.39. The van der Waals surface area contributed by atoms with Crippen LogP contribution in [0.1, 0.15) is 52.4 Å². The Bertz CT molecular complexity index is 726. The van der Waals surface area contributed by atoms with E-state index in [9.17, 15) is 9.59 Å². The molecule has 0 spiro atoms. The van der Waals surface area contributed by atoms with Gasteiger partial charge in [-0.25, -0.2) is 20.0 Å². The first-order chi connectivity index (χ1) is 14.5. The summed E-state index contributed by atoms with van der Waals surface area (Å²) in [5, 5.41) is 1.36. The third-order valence-electron chi connectivity index (χ3n) is 7.27. The average molecular weight is 415 g/mol. The van der Waals surface area contributed by atoms with Crippen LogP contribution in [-0.2, 0) is 9.47 Å². The molecule has 0 radical (unpaired) electrons. The van der Waals surface area contributed by atoms with Crippen molar-refractivity contribution in [3.05, 3.63) is 36.0 Å². The van der Waals surface area contributed by atoms with Crippen molar-refractivity contribution < 1.29 is 19.1 Å². The van der Waals surface area contributed by atoms with E-state index < -0.39 is 12.2 Å². The molecule has 0 aromatic heterocycles.